The van der Waals surface area contributed by atoms with Crippen molar-refractivity contribution in [2.75, 3.05) is 0 Å². The van der Waals surface area contributed by atoms with Gasteiger partial charge < -0.3 is 10.4 Å². The van der Waals surface area contributed by atoms with Crippen LogP contribution in [0.3, 0.4) is 0 Å². The first-order valence-corrected chi connectivity index (χ1v) is 9.26. The molecule has 0 radical (unpaired) electrons. The molecule has 1 aliphatic heterocycles. The van der Waals surface area contributed by atoms with E-state index in [1.165, 1.54) is 11.1 Å². The monoisotopic (exact) mass is 335 g/mol. The third-order valence-corrected chi connectivity index (χ3v) is 5.44. The molecule has 3 rings (SSSR count). The van der Waals surface area contributed by atoms with E-state index in [1.807, 2.05) is 19.1 Å². The summed E-state index contributed by atoms with van der Waals surface area (Å²) in [5, 5.41) is 15.5. The van der Waals surface area contributed by atoms with E-state index in [4.69, 9.17) is 0 Å². The van der Waals surface area contributed by atoms with Gasteiger partial charge in [-0.05, 0) is 37.3 Å². The summed E-state index contributed by atoms with van der Waals surface area (Å²) < 4.78 is 0. The molecule has 4 atom stereocenters. The Balaban J connectivity index is 2.01. The molecule has 0 amide bonds. The van der Waals surface area contributed by atoms with Crippen molar-refractivity contribution >= 4 is 0 Å². The number of nitrogens with one attached hydrogen (secondary N) is 1. The molecule has 2 heteroatoms. The summed E-state index contributed by atoms with van der Waals surface area (Å²) in [6.45, 7) is 8.27. The molecule has 0 aliphatic carbocycles. The maximum absolute atomic E-state index is 11.7. The summed E-state index contributed by atoms with van der Waals surface area (Å²) >= 11 is 0. The highest BCUT2D eigenvalue weighted by Crippen LogP contribution is 2.47. The fourth-order valence-electron chi connectivity index (χ4n) is 4.44. The van der Waals surface area contributed by atoms with E-state index in [1.54, 1.807) is 0 Å². The zero-order valence-corrected chi connectivity index (χ0v) is 15.3. The van der Waals surface area contributed by atoms with Gasteiger partial charge in [0.1, 0.15) is 0 Å². The molecule has 25 heavy (non-hydrogen) atoms. The van der Waals surface area contributed by atoms with Crippen LogP contribution >= 0.6 is 0 Å². The summed E-state index contributed by atoms with van der Waals surface area (Å²) in [7, 11) is 0. The molecule has 0 aromatic heterocycles. The highest BCUT2D eigenvalue weighted by Gasteiger charge is 2.47. The van der Waals surface area contributed by atoms with Gasteiger partial charge in [0.25, 0.3) is 0 Å². The van der Waals surface area contributed by atoms with Gasteiger partial charge in [0.05, 0.1) is 5.60 Å². The maximum atomic E-state index is 11.7. The normalized spacial score (nSPS) is 29.3. The van der Waals surface area contributed by atoms with Crippen LogP contribution in [0.1, 0.15) is 56.3 Å². The number of benzene rings is 2. The predicted molar refractivity (Wildman–Crippen MR) is 104 cm³/mol. The molecule has 2 aromatic rings. The lowest BCUT2D eigenvalue weighted by atomic mass is 9.67. The Morgan fingerprint density at radius 3 is 2.16 bits per heavy atom. The first-order valence-electron chi connectivity index (χ1n) is 9.26. The minimum Gasteiger partial charge on any atom is -0.389 e. The summed E-state index contributed by atoms with van der Waals surface area (Å²) in [5.41, 5.74) is 2.78. The third-order valence-electron chi connectivity index (χ3n) is 5.44. The molecule has 1 aliphatic rings. The van der Waals surface area contributed by atoms with Gasteiger partial charge in [-0.15, -0.1) is 6.58 Å². The van der Waals surface area contributed by atoms with Crippen molar-refractivity contribution in [3.8, 4) is 0 Å². The Labute approximate surface area is 151 Å². The zero-order chi connectivity index (χ0) is 17.9. The molecule has 1 fully saturated rings. The molecule has 2 aromatic carbocycles. The van der Waals surface area contributed by atoms with Gasteiger partial charge in [-0.25, -0.2) is 0 Å². The fraction of sp³-hybridized carbons (Fsp3) is 0.391. The second kappa shape index (κ2) is 7.55. The Morgan fingerprint density at radius 2 is 1.64 bits per heavy atom. The van der Waals surface area contributed by atoms with Crippen LogP contribution in [0, 0.1) is 5.92 Å². The van der Waals surface area contributed by atoms with Gasteiger partial charge in [0.15, 0.2) is 0 Å². The molecular weight excluding hydrogens is 306 g/mol. The van der Waals surface area contributed by atoms with Gasteiger partial charge in [0, 0.05) is 18.0 Å². The molecule has 2 N–H and O–H groups in total. The Hall–Kier alpha value is -1.90. The zero-order valence-electron chi connectivity index (χ0n) is 15.3. The van der Waals surface area contributed by atoms with E-state index < -0.39 is 5.60 Å². The lowest BCUT2D eigenvalue weighted by molar-refractivity contribution is -0.0759. The number of hydrogen-bond acceptors (Lipinski definition) is 2. The third kappa shape index (κ3) is 3.86. The van der Waals surface area contributed by atoms with Gasteiger partial charge >= 0.3 is 0 Å². The topological polar surface area (TPSA) is 32.3 Å². The quantitative estimate of drug-likeness (QED) is 0.737. The average molecular weight is 335 g/mol. The van der Waals surface area contributed by atoms with Crippen molar-refractivity contribution in [2.45, 2.75) is 50.8 Å². The highest BCUT2D eigenvalue weighted by molar-refractivity contribution is 5.27. The van der Waals surface area contributed by atoms with Crippen LogP contribution in [0.5, 0.6) is 0 Å². The van der Waals surface area contributed by atoms with Gasteiger partial charge in [-0.1, -0.05) is 73.2 Å². The lowest BCUT2D eigenvalue weighted by Crippen LogP contribution is -2.53. The van der Waals surface area contributed by atoms with Crippen LogP contribution < -0.4 is 5.32 Å². The largest absolute Gasteiger partial charge is 0.389 e. The van der Waals surface area contributed by atoms with Crippen LogP contribution in [0.15, 0.2) is 72.8 Å². The number of aliphatic hydroxyl groups is 1. The molecular formula is C23H29NO. The standard InChI is InChI=1S/C23H29NO/c1-4-20-22(19-13-9-6-10-14-19)24-21(18-11-7-5-8-12-18)16-23(20,25)15-17(2)3/h5-14,20-22,24-25H,2,4,15-16H2,1,3H3/t20-,21-,22-,23+/m0/s1. The van der Waals surface area contributed by atoms with Crippen molar-refractivity contribution in [2.24, 2.45) is 5.92 Å². The molecule has 2 nitrogen and oxygen atoms in total. The summed E-state index contributed by atoms with van der Waals surface area (Å²) in [6.07, 6.45) is 2.30. The minimum atomic E-state index is -0.743. The lowest BCUT2D eigenvalue weighted by Gasteiger charge is -2.49. The number of piperidine rings is 1. The van der Waals surface area contributed by atoms with Crippen LogP contribution in [-0.2, 0) is 0 Å². The van der Waals surface area contributed by atoms with E-state index in [0.29, 0.717) is 12.8 Å². The summed E-state index contributed by atoms with van der Waals surface area (Å²) in [6, 6.07) is 21.3. The van der Waals surface area contributed by atoms with Gasteiger partial charge in [0.2, 0.25) is 0 Å². The molecule has 0 spiro atoms. The molecule has 0 bridgehead atoms. The Morgan fingerprint density at radius 1 is 1.08 bits per heavy atom. The van der Waals surface area contributed by atoms with E-state index in [-0.39, 0.29) is 18.0 Å². The van der Waals surface area contributed by atoms with Gasteiger partial charge in [-0.2, -0.15) is 0 Å². The molecule has 1 saturated heterocycles. The summed E-state index contributed by atoms with van der Waals surface area (Å²) in [4.78, 5) is 0. The van der Waals surface area contributed by atoms with Crippen molar-refractivity contribution in [3.05, 3.63) is 83.9 Å². The van der Waals surface area contributed by atoms with E-state index in [0.717, 1.165) is 12.0 Å². The fourth-order valence-corrected chi connectivity index (χ4v) is 4.44. The van der Waals surface area contributed by atoms with E-state index >= 15 is 0 Å². The van der Waals surface area contributed by atoms with Crippen molar-refractivity contribution in [1.29, 1.82) is 0 Å². The Kier molecular flexibility index (Phi) is 5.41. The molecule has 0 unspecified atom stereocenters. The van der Waals surface area contributed by atoms with Crippen LogP contribution in [0.4, 0.5) is 0 Å². The predicted octanol–water partition coefficient (Wildman–Crippen LogP) is 5.19. The summed E-state index contributed by atoms with van der Waals surface area (Å²) in [5.74, 6) is 0.159. The maximum Gasteiger partial charge on any atom is 0.0748 e. The van der Waals surface area contributed by atoms with Gasteiger partial charge in [-0.3, -0.25) is 0 Å². The van der Waals surface area contributed by atoms with Crippen molar-refractivity contribution < 1.29 is 5.11 Å². The minimum absolute atomic E-state index is 0.134. The van der Waals surface area contributed by atoms with Crippen LogP contribution in [0.2, 0.25) is 0 Å². The van der Waals surface area contributed by atoms with E-state index in [9.17, 15) is 5.11 Å². The number of rotatable bonds is 5. The number of hydrogen-bond donors (Lipinski definition) is 2. The second-order valence-electron chi connectivity index (χ2n) is 7.47. The first kappa shape index (κ1) is 17.9. The van der Waals surface area contributed by atoms with Crippen molar-refractivity contribution in [1.82, 2.24) is 5.32 Å². The second-order valence-corrected chi connectivity index (χ2v) is 7.47. The van der Waals surface area contributed by atoms with E-state index in [2.05, 4.69) is 67.4 Å². The molecule has 132 valence electrons. The average Bonchev–Trinajstić information content (AvgIpc) is 2.61. The van der Waals surface area contributed by atoms with Crippen molar-refractivity contribution in [3.63, 3.8) is 0 Å². The SMILES string of the molecule is C=C(C)C[C@@]1(O)C[C@@H](c2ccccc2)N[C@@H](c2ccccc2)[C@@H]1CC. The Bertz CT molecular complexity index is 697. The van der Waals surface area contributed by atoms with Crippen LogP contribution in [0.25, 0.3) is 0 Å². The molecule has 1 heterocycles. The smallest absolute Gasteiger partial charge is 0.0748 e. The molecule has 0 saturated carbocycles. The first-order chi connectivity index (χ1) is 12.0. The van der Waals surface area contributed by atoms with Crippen LogP contribution in [-0.4, -0.2) is 10.7 Å². The highest BCUT2D eigenvalue weighted by atomic mass is 16.3.